The lowest BCUT2D eigenvalue weighted by Gasteiger charge is -2.04. The molecule has 7 heteroatoms. The molecule has 0 bridgehead atoms. The molecule has 6 nitrogen and oxygen atoms in total. The van der Waals surface area contributed by atoms with Gasteiger partial charge in [-0.1, -0.05) is 24.3 Å². The number of aromatic amines is 2. The van der Waals surface area contributed by atoms with Crippen molar-refractivity contribution in [3.05, 3.63) is 78.6 Å². The first-order valence-electron chi connectivity index (χ1n) is 10.3. The van der Waals surface area contributed by atoms with E-state index in [-0.39, 0.29) is 5.82 Å². The van der Waals surface area contributed by atoms with Gasteiger partial charge in [0.2, 0.25) is 0 Å². The van der Waals surface area contributed by atoms with Crippen molar-refractivity contribution in [3.63, 3.8) is 0 Å². The summed E-state index contributed by atoms with van der Waals surface area (Å²) in [5, 5.41) is 9.52. The highest BCUT2D eigenvalue weighted by Gasteiger charge is 2.15. The van der Waals surface area contributed by atoms with Crippen molar-refractivity contribution in [1.82, 2.24) is 29.7 Å². The molecule has 0 aliphatic heterocycles. The Hall–Kier alpha value is -4.26. The van der Waals surface area contributed by atoms with Crippen molar-refractivity contribution in [1.29, 1.82) is 0 Å². The van der Waals surface area contributed by atoms with Gasteiger partial charge in [-0.25, -0.2) is 14.4 Å². The van der Waals surface area contributed by atoms with E-state index in [9.17, 15) is 4.39 Å². The maximum absolute atomic E-state index is 13.4. The fourth-order valence-corrected chi connectivity index (χ4v) is 4.19. The number of hydrogen-bond acceptors (Lipinski definition) is 3. The Morgan fingerprint density at radius 1 is 0.906 bits per heavy atom. The van der Waals surface area contributed by atoms with Crippen molar-refractivity contribution in [2.45, 2.75) is 6.92 Å². The quantitative estimate of drug-likeness (QED) is 0.389. The van der Waals surface area contributed by atoms with Gasteiger partial charge < -0.3 is 9.55 Å². The first-order chi connectivity index (χ1) is 15.6. The van der Waals surface area contributed by atoms with Gasteiger partial charge in [-0.05, 0) is 48.4 Å². The van der Waals surface area contributed by atoms with Crippen LogP contribution in [0.15, 0.2) is 67.0 Å². The third-order valence-corrected chi connectivity index (χ3v) is 6.01. The summed E-state index contributed by atoms with van der Waals surface area (Å²) in [4.78, 5) is 12.4. The maximum Gasteiger partial charge on any atom is 0.181 e. The largest absolute Gasteiger partial charge is 0.353 e. The van der Waals surface area contributed by atoms with Crippen LogP contribution >= 0.6 is 0 Å². The number of aromatic nitrogens is 6. The molecular formula is C25H19FN6. The SMILES string of the molecule is Cc1ncc(-c2cnc3n[nH]c(-c4cc5c(-c6ccc(F)cc6)cccc5[nH]4)c3c2)n1C. The average Bonchev–Trinajstić information content (AvgIpc) is 3.50. The molecule has 0 unspecified atom stereocenters. The van der Waals surface area contributed by atoms with Crippen LogP contribution < -0.4 is 0 Å². The second-order valence-electron chi connectivity index (χ2n) is 7.90. The molecule has 156 valence electrons. The molecule has 0 fully saturated rings. The van der Waals surface area contributed by atoms with E-state index in [1.54, 1.807) is 12.1 Å². The van der Waals surface area contributed by atoms with Crippen molar-refractivity contribution in [2.24, 2.45) is 7.05 Å². The summed E-state index contributed by atoms with van der Waals surface area (Å²) in [5.41, 5.74) is 7.42. The Balaban J connectivity index is 1.51. The molecule has 4 heterocycles. The average molecular weight is 422 g/mol. The Morgan fingerprint density at radius 2 is 1.75 bits per heavy atom. The highest BCUT2D eigenvalue weighted by molar-refractivity contribution is 6.01. The van der Waals surface area contributed by atoms with Crippen molar-refractivity contribution < 1.29 is 4.39 Å². The molecule has 0 saturated carbocycles. The minimum atomic E-state index is -0.244. The molecule has 0 radical (unpaired) electrons. The summed E-state index contributed by atoms with van der Waals surface area (Å²) in [6, 6.07) is 16.8. The van der Waals surface area contributed by atoms with E-state index in [2.05, 4.69) is 37.3 Å². The summed E-state index contributed by atoms with van der Waals surface area (Å²) in [7, 11) is 1.99. The number of nitrogens with zero attached hydrogens (tertiary/aromatic N) is 4. The van der Waals surface area contributed by atoms with E-state index in [0.717, 1.165) is 55.9 Å². The van der Waals surface area contributed by atoms with Gasteiger partial charge in [-0.15, -0.1) is 0 Å². The molecule has 6 rings (SSSR count). The van der Waals surface area contributed by atoms with Gasteiger partial charge in [0.15, 0.2) is 5.65 Å². The summed E-state index contributed by atoms with van der Waals surface area (Å²) >= 11 is 0. The normalized spacial score (nSPS) is 11.6. The van der Waals surface area contributed by atoms with Crippen LogP contribution in [-0.4, -0.2) is 29.7 Å². The van der Waals surface area contributed by atoms with Crippen LogP contribution in [0.2, 0.25) is 0 Å². The van der Waals surface area contributed by atoms with Crippen LogP contribution in [0.25, 0.3) is 55.7 Å². The van der Waals surface area contributed by atoms with E-state index in [1.807, 2.05) is 49.1 Å². The monoisotopic (exact) mass is 422 g/mol. The lowest BCUT2D eigenvalue weighted by atomic mass is 10.0. The number of aryl methyl sites for hydroxylation is 1. The fraction of sp³-hybridized carbons (Fsp3) is 0.0800. The molecule has 2 aromatic carbocycles. The van der Waals surface area contributed by atoms with Crippen LogP contribution in [0.4, 0.5) is 4.39 Å². The van der Waals surface area contributed by atoms with Crippen LogP contribution in [0.1, 0.15) is 5.82 Å². The third-order valence-electron chi connectivity index (χ3n) is 6.01. The van der Waals surface area contributed by atoms with E-state index >= 15 is 0 Å². The third kappa shape index (κ3) is 2.82. The Bertz CT molecular complexity index is 1600. The molecular weight excluding hydrogens is 403 g/mol. The zero-order chi connectivity index (χ0) is 21.8. The number of nitrogens with one attached hydrogen (secondary N) is 2. The smallest absolute Gasteiger partial charge is 0.181 e. The predicted molar refractivity (Wildman–Crippen MR) is 124 cm³/mol. The first-order valence-corrected chi connectivity index (χ1v) is 10.3. The maximum atomic E-state index is 13.4. The van der Waals surface area contributed by atoms with Crippen LogP contribution in [0, 0.1) is 12.7 Å². The zero-order valence-corrected chi connectivity index (χ0v) is 17.5. The number of halogens is 1. The van der Waals surface area contributed by atoms with Crippen LogP contribution in [0.3, 0.4) is 0 Å². The summed E-state index contributed by atoms with van der Waals surface area (Å²) in [6.45, 7) is 1.97. The number of benzene rings is 2. The van der Waals surface area contributed by atoms with Crippen molar-refractivity contribution in [2.75, 3.05) is 0 Å². The van der Waals surface area contributed by atoms with E-state index in [1.165, 1.54) is 12.1 Å². The van der Waals surface area contributed by atoms with Gasteiger partial charge in [-0.2, -0.15) is 5.10 Å². The van der Waals surface area contributed by atoms with Crippen LogP contribution in [0.5, 0.6) is 0 Å². The molecule has 4 aromatic heterocycles. The van der Waals surface area contributed by atoms with Crippen molar-refractivity contribution >= 4 is 21.9 Å². The number of hydrogen-bond donors (Lipinski definition) is 2. The minimum Gasteiger partial charge on any atom is -0.353 e. The number of pyridine rings is 1. The van der Waals surface area contributed by atoms with Gasteiger partial charge >= 0.3 is 0 Å². The standard InChI is InChI=1S/C25H19FN6/c1-14-27-13-23(32(14)2)16-10-20-24(30-31-25(20)28-12-16)22-11-19-18(4-3-5-21(19)29-22)15-6-8-17(26)9-7-15/h3-13,29H,1-2H3,(H,28,30,31). The number of fused-ring (bicyclic) bond motifs is 2. The second kappa shape index (κ2) is 6.88. The Morgan fingerprint density at radius 3 is 2.53 bits per heavy atom. The van der Waals surface area contributed by atoms with E-state index in [4.69, 9.17) is 0 Å². The molecule has 0 amide bonds. The van der Waals surface area contributed by atoms with Crippen molar-refractivity contribution in [3.8, 4) is 33.8 Å². The summed E-state index contributed by atoms with van der Waals surface area (Å²) in [5.74, 6) is 0.697. The fourth-order valence-electron chi connectivity index (χ4n) is 4.19. The van der Waals surface area contributed by atoms with Gasteiger partial charge in [0.05, 0.1) is 23.3 Å². The van der Waals surface area contributed by atoms with E-state index < -0.39 is 0 Å². The molecule has 32 heavy (non-hydrogen) atoms. The highest BCUT2D eigenvalue weighted by Crippen LogP contribution is 2.34. The van der Waals surface area contributed by atoms with Gasteiger partial charge in [0.25, 0.3) is 0 Å². The highest BCUT2D eigenvalue weighted by atomic mass is 19.1. The minimum absolute atomic E-state index is 0.244. The molecule has 0 saturated heterocycles. The lowest BCUT2D eigenvalue weighted by Crippen LogP contribution is -1.94. The Labute approximate surface area is 182 Å². The van der Waals surface area contributed by atoms with Gasteiger partial charge in [0, 0.05) is 35.1 Å². The molecule has 2 N–H and O–H groups in total. The second-order valence-corrected chi connectivity index (χ2v) is 7.90. The van der Waals surface area contributed by atoms with Gasteiger partial charge in [0.1, 0.15) is 11.6 Å². The molecule has 0 atom stereocenters. The van der Waals surface area contributed by atoms with Crippen LogP contribution in [-0.2, 0) is 7.05 Å². The zero-order valence-electron chi connectivity index (χ0n) is 17.5. The Kier molecular flexibility index (Phi) is 3.98. The predicted octanol–water partition coefficient (Wildman–Crippen LogP) is 5.62. The van der Waals surface area contributed by atoms with E-state index in [0.29, 0.717) is 5.65 Å². The molecule has 0 aliphatic carbocycles. The first kappa shape index (κ1) is 18.5. The number of rotatable bonds is 3. The molecule has 0 spiro atoms. The summed E-state index contributed by atoms with van der Waals surface area (Å²) < 4.78 is 15.4. The van der Waals surface area contributed by atoms with Gasteiger partial charge in [-0.3, -0.25) is 5.10 Å². The number of H-pyrrole nitrogens is 2. The number of imidazole rings is 1. The molecule has 0 aliphatic rings. The summed E-state index contributed by atoms with van der Waals surface area (Å²) in [6.07, 6.45) is 3.68. The molecule has 6 aromatic rings. The topological polar surface area (TPSA) is 75.2 Å². The lowest BCUT2D eigenvalue weighted by molar-refractivity contribution is 0.628.